The zero-order valence-electron chi connectivity index (χ0n) is 18.1. The van der Waals surface area contributed by atoms with Gasteiger partial charge in [-0.15, -0.1) is 0 Å². The zero-order chi connectivity index (χ0) is 22.8. The van der Waals surface area contributed by atoms with Crippen LogP contribution in [0.5, 0.6) is 5.75 Å². The highest BCUT2D eigenvalue weighted by atomic mass is 16.5. The van der Waals surface area contributed by atoms with Gasteiger partial charge in [-0.1, -0.05) is 66.7 Å². The Balaban J connectivity index is 1.66. The van der Waals surface area contributed by atoms with Crippen molar-refractivity contribution in [2.24, 2.45) is 0 Å². The van der Waals surface area contributed by atoms with Crippen LogP contribution in [0.3, 0.4) is 0 Å². The van der Waals surface area contributed by atoms with Gasteiger partial charge in [0.05, 0.1) is 16.6 Å². The lowest BCUT2D eigenvalue weighted by Gasteiger charge is -2.09. The zero-order valence-corrected chi connectivity index (χ0v) is 18.1. The number of hydrogen-bond acceptors (Lipinski definition) is 3. The summed E-state index contributed by atoms with van der Waals surface area (Å²) in [6.45, 7) is 1.94. The quantitative estimate of drug-likeness (QED) is 0.184. The molecule has 0 aliphatic heterocycles. The maximum atomic E-state index is 13.6. The molecule has 0 atom stereocenters. The third-order valence-electron chi connectivity index (χ3n) is 5.67. The van der Waals surface area contributed by atoms with Crippen LogP contribution in [0.4, 0.5) is 0 Å². The number of nitrogens with zero attached hydrogens (tertiary/aromatic N) is 1. The number of esters is 1. The van der Waals surface area contributed by atoms with E-state index in [4.69, 9.17) is 4.74 Å². The smallest absolute Gasteiger partial charge is 0.343 e. The Morgan fingerprint density at radius 3 is 1.91 bits per heavy atom. The molecule has 0 aliphatic rings. The van der Waals surface area contributed by atoms with Crippen LogP contribution in [0, 0.1) is 6.92 Å². The van der Waals surface area contributed by atoms with Crippen LogP contribution < -0.4 is 4.74 Å². The summed E-state index contributed by atoms with van der Waals surface area (Å²) < 4.78 is 7.71. The van der Waals surface area contributed by atoms with Crippen LogP contribution in [-0.4, -0.2) is 16.3 Å². The first-order chi connectivity index (χ1) is 16.1. The topological polar surface area (TPSA) is 48.3 Å². The molecule has 0 unspecified atom stereocenters. The fourth-order valence-electron chi connectivity index (χ4n) is 4.13. The molecule has 4 nitrogen and oxygen atoms in total. The van der Waals surface area contributed by atoms with Crippen molar-refractivity contribution in [3.05, 3.63) is 132 Å². The summed E-state index contributed by atoms with van der Waals surface area (Å²) in [7, 11) is 0. The molecule has 33 heavy (non-hydrogen) atoms. The third kappa shape index (κ3) is 3.83. The average Bonchev–Trinajstić information content (AvgIpc) is 3.16. The highest BCUT2D eigenvalue weighted by molar-refractivity contribution is 6.18. The second-order valence-electron chi connectivity index (χ2n) is 7.76. The maximum Gasteiger partial charge on any atom is 0.343 e. The van der Waals surface area contributed by atoms with Crippen molar-refractivity contribution in [1.82, 2.24) is 4.57 Å². The summed E-state index contributed by atoms with van der Waals surface area (Å²) in [5.74, 6) is -0.118. The summed E-state index contributed by atoms with van der Waals surface area (Å²) in [6, 6.07) is 33.4. The molecule has 0 saturated heterocycles. The molecular weight excluding hydrogens is 410 g/mol. The summed E-state index contributed by atoms with van der Waals surface area (Å²) in [5, 5.41) is 0.739. The van der Waals surface area contributed by atoms with Crippen LogP contribution in [0.1, 0.15) is 32.0 Å². The number of hydrogen-bond donors (Lipinski definition) is 0. The lowest BCUT2D eigenvalue weighted by molar-refractivity contribution is 0.0735. The average molecular weight is 431 g/mol. The number of rotatable bonds is 5. The lowest BCUT2D eigenvalue weighted by Crippen LogP contribution is -2.08. The SMILES string of the molecule is Cc1c(C(=O)c2ccccc2)c2cc(OC(=O)c3ccccc3)ccc2n1-c1ccccc1. The number of benzene rings is 4. The Bertz CT molecular complexity index is 1450. The van der Waals surface area contributed by atoms with Crippen LogP contribution in [0.25, 0.3) is 16.6 Å². The number of aromatic nitrogens is 1. The largest absolute Gasteiger partial charge is 0.423 e. The van der Waals surface area contributed by atoms with Gasteiger partial charge in [-0.3, -0.25) is 4.79 Å². The van der Waals surface area contributed by atoms with Crippen molar-refractivity contribution >= 4 is 22.7 Å². The number of fused-ring (bicyclic) bond motifs is 1. The predicted octanol–water partition coefficient (Wildman–Crippen LogP) is 6.39. The molecule has 1 heterocycles. The van der Waals surface area contributed by atoms with Crippen molar-refractivity contribution < 1.29 is 14.3 Å². The Labute approximate surface area is 191 Å². The van der Waals surface area contributed by atoms with Crippen molar-refractivity contribution in [3.63, 3.8) is 0 Å². The van der Waals surface area contributed by atoms with E-state index in [0.717, 1.165) is 22.3 Å². The number of para-hydroxylation sites is 1. The first-order valence-corrected chi connectivity index (χ1v) is 10.7. The Hall–Kier alpha value is -4.44. The highest BCUT2D eigenvalue weighted by Crippen LogP contribution is 2.33. The lowest BCUT2D eigenvalue weighted by atomic mass is 10.0. The second kappa shape index (κ2) is 8.60. The van der Waals surface area contributed by atoms with E-state index in [1.165, 1.54) is 0 Å². The van der Waals surface area contributed by atoms with E-state index in [0.29, 0.717) is 22.4 Å². The fourth-order valence-corrected chi connectivity index (χ4v) is 4.13. The van der Waals surface area contributed by atoms with E-state index in [-0.39, 0.29) is 5.78 Å². The van der Waals surface area contributed by atoms with Crippen molar-refractivity contribution in [2.45, 2.75) is 6.92 Å². The van der Waals surface area contributed by atoms with E-state index in [1.807, 2.05) is 79.7 Å². The summed E-state index contributed by atoms with van der Waals surface area (Å²) in [5.41, 5.74) is 4.34. The standard InChI is InChI=1S/C29H21NO3/c1-20-27(28(31)21-11-5-2-6-12-21)25-19-24(33-29(32)22-13-7-3-8-14-22)17-18-26(25)30(20)23-15-9-4-10-16-23/h2-19H,1H3. The van der Waals surface area contributed by atoms with Gasteiger partial charge in [0, 0.05) is 22.3 Å². The number of ether oxygens (including phenoxy) is 1. The minimum atomic E-state index is -0.440. The number of carbonyl (C=O) groups excluding carboxylic acids is 2. The van der Waals surface area contributed by atoms with Gasteiger partial charge in [-0.2, -0.15) is 0 Å². The molecule has 4 aromatic carbocycles. The molecule has 0 bridgehead atoms. The van der Waals surface area contributed by atoms with Gasteiger partial charge in [0.2, 0.25) is 0 Å². The monoisotopic (exact) mass is 431 g/mol. The molecule has 0 N–H and O–H groups in total. The molecule has 160 valence electrons. The Morgan fingerprint density at radius 2 is 1.27 bits per heavy atom. The van der Waals surface area contributed by atoms with Crippen molar-refractivity contribution in [1.29, 1.82) is 0 Å². The van der Waals surface area contributed by atoms with E-state index in [9.17, 15) is 9.59 Å². The first-order valence-electron chi connectivity index (χ1n) is 10.7. The summed E-state index contributed by atoms with van der Waals surface area (Å²) >= 11 is 0. The fraction of sp³-hybridized carbons (Fsp3) is 0.0345. The minimum absolute atomic E-state index is 0.0701. The highest BCUT2D eigenvalue weighted by Gasteiger charge is 2.23. The van der Waals surface area contributed by atoms with E-state index in [1.54, 1.807) is 36.4 Å². The molecule has 0 radical (unpaired) electrons. The van der Waals surface area contributed by atoms with Gasteiger partial charge in [0.25, 0.3) is 0 Å². The van der Waals surface area contributed by atoms with Gasteiger partial charge < -0.3 is 9.30 Å². The van der Waals surface area contributed by atoms with Crippen LogP contribution in [0.15, 0.2) is 109 Å². The number of carbonyl (C=O) groups is 2. The van der Waals surface area contributed by atoms with Crippen molar-refractivity contribution in [2.75, 3.05) is 0 Å². The molecular formula is C29H21NO3. The Kier molecular flexibility index (Phi) is 5.33. The van der Waals surface area contributed by atoms with E-state index in [2.05, 4.69) is 4.57 Å². The van der Waals surface area contributed by atoms with Crippen LogP contribution >= 0.6 is 0 Å². The number of ketones is 1. The molecule has 0 amide bonds. The first kappa shape index (κ1) is 20.5. The Morgan fingerprint density at radius 1 is 0.697 bits per heavy atom. The normalized spacial score (nSPS) is 10.8. The van der Waals surface area contributed by atoms with Gasteiger partial charge >= 0.3 is 5.97 Å². The molecule has 0 aliphatic carbocycles. The minimum Gasteiger partial charge on any atom is -0.423 e. The molecule has 0 saturated carbocycles. The molecule has 5 aromatic rings. The van der Waals surface area contributed by atoms with Crippen LogP contribution in [-0.2, 0) is 0 Å². The third-order valence-corrected chi connectivity index (χ3v) is 5.67. The van der Waals surface area contributed by atoms with Gasteiger partial charge in [0.15, 0.2) is 5.78 Å². The van der Waals surface area contributed by atoms with E-state index >= 15 is 0 Å². The summed E-state index contributed by atoms with van der Waals surface area (Å²) in [6.07, 6.45) is 0. The molecule has 0 spiro atoms. The molecule has 4 heteroatoms. The molecule has 1 aromatic heterocycles. The molecule has 0 fully saturated rings. The van der Waals surface area contributed by atoms with Crippen LogP contribution in [0.2, 0.25) is 0 Å². The van der Waals surface area contributed by atoms with Crippen molar-refractivity contribution in [3.8, 4) is 11.4 Å². The van der Waals surface area contributed by atoms with E-state index < -0.39 is 5.97 Å². The van der Waals surface area contributed by atoms with Gasteiger partial charge in [-0.25, -0.2) is 4.79 Å². The van der Waals surface area contributed by atoms with Gasteiger partial charge in [-0.05, 0) is 49.4 Å². The summed E-state index contributed by atoms with van der Waals surface area (Å²) in [4.78, 5) is 26.1. The second-order valence-corrected chi connectivity index (χ2v) is 7.76. The molecule has 5 rings (SSSR count). The van der Waals surface area contributed by atoms with Gasteiger partial charge in [0.1, 0.15) is 5.75 Å². The maximum absolute atomic E-state index is 13.6. The predicted molar refractivity (Wildman–Crippen MR) is 129 cm³/mol.